The van der Waals surface area contributed by atoms with Crippen molar-refractivity contribution in [2.45, 2.75) is 23.8 Å². The number of nitrogens with one attached hydrogen (secondary N) is 2. The SMILES string of the molecule is C#CCNC(=O)c1ccc(F)c(S(=O)(=O)NC2CC2)c1. The number of hydrogen-bond acceptors (Lipinski definition) is 3. The lowest BCUT2D eigenvalue weighted by molar-refractivity contribution is 0.0958. The molecule has 2 N–H and O–H groups in total. The molecule has 1 saturated carbocycles. The molecule has 0 unspecified atom stereocenters. The summed E-state index contributed by atoms with van der Waals surface area (Å²) in [6.45, 7) is 0.0125. The molecule has 0 aromatic heterocycles. The highest BCUT2D eigenvalue weighted by Crippen LogP contribution is 2.23. The van der Waals surface area contributed by atoms with Crippen LogP contribution in [0.3, 0.4) is 0 Å². The molecule has 0 atom stereocenters. The predicted molar refractivity (Wildman–Crippen MR) is 70.9 cm³/mol. The van der Waals surface area contributed by atoms with Gasteiger partial charge in [0.15, 0.2) is 0 Å². The van der Waals surface area contributed by atoms with Gasteiger partial charge in [0, 0.05) is 11.6 Å². The van der Waals surface area contributed by atoms with E-state index in [4.69, 9.17) is 6.42 Å². The number of carbonyl (C=O) groups is 1. The van der Waals surface area contributed by atoms with Crippen LogP contribution in [-0.4, -0.2) is 26.9 Å². The Morgan fingerprint density at radius 1 is 1.45 bits per heavy atom. The van der Waals surface area contributed by atoms with Gasteiger partial charge in [0.1, 0.15) is 10.7 Å². The molecule has 1 aromatic carbocycles. The molecule has 1 aliphatic carbocycles. The minimum Gasteiger partial charge on any atom is -0.341 e. The normalized spacial score (nSPS) is 14.6. The van der Waals surface area contributed by atoms with Crippen LogP contribution in [-0.2, 0) is 10.0 Å². The Balaban J connectivity index is 2.29. The molecule has 0 heterocycles. The maximum atomic E-state index is 13.7. The van der Waals surface area contributed by atoms with E-state index < -0.39 is 26.6 Å². The summed E-state index contributed by atoms with van der Waals surface area (Å²) < 4.78 is 40.0. The summed E-state index contributed by atoms with van der Waals surface area (Å²) in [5.74, 6) is 0.776. The monoisotopic (exact) mass is 296 g/mol. The number of amides is 1. The van der Waals surface area contributed by atoms with Crippen LogP contribution in [0.2, 0.25) is 0 Å². The summed E-state index contributed by atoms with van der Waals surface area (Å²) in [6, 6.07) is 3.02. The van der Waals surface area contributed by atoms with E-state index in [0.717, 1.165) is 25.0 Å². The molecule has 0 bridgehead atoms. The van der Waals surface area contributed by atoms with Gasteiger partial charge in [-0.25, -0.2) is 17.5 Å². The van der Waals surface area contributed by atoms with Crippen LogP contribution in [0.4, 0.5) is 4.39 Å². The van der Waals surface area contributed by atoms with Crippen molar-refractivity contribution >= 4 is 15.9 Å². The van der Waals surface area contributed by atoms with Crippen molar-refractivity contribution < 1.29 is 17.6 Å². The smallest absolute Gasteiger partial charge is 0.252 e. The van der Waals surface area contributed by atoms with Crippen LogP contribution in [0.5, 0.6) is 0 Å². The summed E-state index contributed by atoms with van der Waals surface area (Å²) in [4.78, 5) is 11.2. The Kier molecular flexibility index (Phi) is 4.06. The molecule has 0 radical (unpaired) electrons. The summed E-state index contributed by atoms with van der Waals surface area (Å²) in [5, 5.41) is 2.39. The first-order valence-electron chi connectivity index (χ1n) is 5.97. The highest BCUT2D eigenvalue weighted by Gasteiger charge is 2.30. The molecule has 0 spiro atoms. The Labute approximate surface area is 116 Å². The minimum atomic E-state index is -3.95. The molecule has 1 aliphatic rings. The number of halogens is 1. The number of rotatable bonds is 5. The summed E-state index contributed by atoms with van der Waals surface area (Å²) >= 11 is 0. The van der Waals surface area contributed by atoms with Gasteiger partial charge < -0.3 is 5.32 Å². The average Bonchev–Trinajstić information content (AvgIpc) is 3.19. The predicted octanol–water partition coefficient (Wildman–Crippen LogP) is 0.629. The molecular formula is C13H13FN2O3S. The molecule has 20 heavy (non-hydrogen) atoms. The van der Waals surface area contributed by atoms with Gasteiger partial charge in [-0.3, -0.25) is 4.79 Å². The second kappa shape index (κ2) is 5.61. The third-order valence-corrected chi connectivity index (χ3v) is 4.27. The molecule has 2 rings (SSSR count). The Morgan fingerprint density at radius 3 is 2.75 bits per heavy atom. The van der Waals surface area contributed by atoms with E-state index >= 15 is 0 Å². The Hall–Kier alpha value is -1.91. The highest BCUT2D eigenvalue weighted by atomic mass is 32.2. The summed E-state index contributed by atoms with van der Waals surface area (Å²) in [7, 11) is -3.95. The average molecular weight is 296 g/mol. The number of hydrogen-bond donors (Lipinski definition) is 2. The lowest BCUT2D eigenvalue weighted by Crippen LogP contribution is -2.28. The standard InChI is InChI=1S/C13H13FN2O3S/c1-2-7-15-13(17)9-3-6-11(14)12(8-9)20(18,19)16-10-4-5-10/h1,3,6,8,10,16H,4-5,7H2,(H,15,17). The van der Waals surface area contributed by atoms with Gasteiger partial charge in [-0.05, 0) is 31.0 Å². The van der Waals surface area contributed by atoms with Crippen molar-refractivity contribution in [3.63, 3.8) is 0 Å². The quantitative estimate of drug-likeness (QED) is 0.783. The van der Waals surface area contributed by atoms with E-state index in [0.29, 0.717) is 0 Å². The van der Waals surface area contributed by atoms with Gasteiger partial charge in [-0.15, -0.1) is 6.42 Å². The molecule has 7 heteroatoms. The molecule has 106 valence electrons. The van der Waals surface area contributed by atoms with E-state index in [1.54, 1.807) is 0 Å². The lowest BCUT2D eigenvalue weighted by atomic mass is 10.2. The zero-order chi connectivity index (χ0) is 14.8. The molecule has 1 aromatic rings. The number of sulfonamides is 1. The van der Waals surface area contributed by atoms with Crippen LogP contribution in [0, 0.1) is 18.2 Å². The van der Waals surface area contributed by atoms with E-state index in [9.17, 15) is 17.6 Å². The second-order valence-corrected chi connectivity index (χ2v) is 6.11. The van der Waals surface area contributed by atoms with Crippen LogP contribution in [0.25, 0.3) is 0 Å². The minimum absolute atomic E-state index is 0.0125. The maximum absolute atomic E-state index is 13.7. The molecule has 5 nitrogen and oxygen atoms in total. The topological polar surface area (TPSA) is 75.3 Å². The van der Waals surface area contributed by atoms with Crippen molar-refractivity contribution in [2.24, 2.45) is 0 Å². The van der Waals surface area contributed by atoms with E-state index in [2.05, 4.69) is 16.0 Å². The number of carbonyl (C=O) groups excluding carboxylic acids is 1. The van der Waals surface area contributed by atoms with Crippen LogP contribution in [0.15, 0.2) is 23.1 Å². The third kappa shape index (κ3) is 3.35. The second-order valence-electron chi connectivity index (χ2n) is 4.43. The van der Waals surface area contributed by atoms with Crippen molar-refractivity contribution in [3.05, 3.63) is 29.6 Å². The zero-order valence-corrected chi connectivity index (χ0v) is 11.3. The number of benzene rings is 1. The summed E-state index contributed by atoms with van der Waals surface area (Å²) in [6.07, 6.45) is 6.49. The molecular weight excluding hydrogens is 283 g/mol. The van der Waals surface area contributed by atoms with Crippen molar-refractivity contribution in [3.8, 4) is 12.3 Å². The van der Waals surface area contributed by atoms with Gasteiger partial charge in [0.2, 0.25) is 10.0 Å². The van der Waals surface area contributed by atoms with Gasteiger partial charge >= 0.3 is 0 Å². The van der Waals surface area contributed by atoms with Crippen molar-refractivity contribution in [1.82, 2.24) is 10.0 Å². The first-order chi connectivity index (χ1) is 9.44. The van der Waals surface area contributed by atoms with Gasteiger partial charge in [0.25, 0.3) is 5.91 Å². The zero-order valence-electron chi connectivity index (χ0n) is 10.5. The van der Waals surface area contributed by atoms with E-state index in [1.165, 1.54) is 6.07 Å². The first kappa shape index (κ1) is 14.5. The van der Waals surface area contributed by atoms with Crippen LogP contribution < -0.4 is 10.0 Å². The fourth-order valence-electron chi connectivity index (χ4n) is 1.57. The lowest BCUT2D eigenvalue weighted by Gasteiger charge is -2.08. The van der Waals surface area contributed by atoms with Crippen molar-refractivity contribution in [2.75, 3.05) is 6.54 Å². The third-order valence-electron chi connectivity index (χ3n) is 2.73. The maximum Gasteiger partial charge on any atom is 0.252 e. The Morgan fingerprint density at radius 2 is 2.15 bits per heavy atom. The van der Waals surface area contributed by atoms with Gasteiger partial charge in [-0.2, -0.15) is 0 Å². The molecule has 0 aliphatic heterocycles. The van der Waals surface area contributed by atoms with Crippen molar-refractivity contribution in [1.29, 1.82) is 0 Å². The van der Waals surface area contributed by atoms with Crippen LogP contribution in [0.1, 0.15) is 23.2 Å². The molecule has 1 amide bonds. The van der Waals surface area contributed by atoms with Crippen LogP contribution >= 0.6 is 0 Å². The fraction of sp³-hybridized carbons (Fsp3) is 0.308. The van der Waals surface area contributed by atoms with E-state index in [-0.39, 0.29) is 18.2 Å². The molecule has 0 saturated heterocycles. The largest absolute Gasteiger partial charge is 0.341 e. The summed E-state index contributed by atoms with van der Waals surface area (Å²) in [5.41, 5.74) is 0.0396. The first-order valence-corrected chi connectivity index (χ1v) is 7.46. The van der Waals surface area contributed by atoms with Gasteiger partial charge in [0.05, 0.1) is 6.54 Å². The highest BCUT2D eigenvalue weighted by molar-refractivity contribution is 7.89. The molecule has 1 fully saturated rings. The fourth-order valence-corrected chi connectivity index (χ4v) is 2.98. The Bertz CT molecular complexity index is 675. The van der Waals surface area contributed by atoms with E-state index in [1.807, 2.05) is 0 Å². The van der Waals surface area contributed by atoms with Gasteiger partial charge in [-0.1, -0.05) is 5.92 Å². The number of terminal acetylenes is 1.